The van der Waals surface area contributed by atoms with Crippen LogP contribution in [0.1, 0.15) is 89.7 Å². The van der Waals surface area contributed by atoms with Crippen molar-refractivity contribution in [2.24, 2.45) is 11.3 Å². The van der Waals surface area contributed by atoms with Crippen LogP contribution >= 0.6 is 0 Å². The third-order valence-corrected chi connectivity index (χ3v) is 9.08. The lowest BCUT2D eigenvalue weighted by atomic mass is 9.73. The zero-order valence-electron chi connectivity index (χ0n) is 25.3. The van der Waals surface area contributed by atoms with Crippen molar-refractivity contribution in [1.29, 1.82) is 0 Å². The molecule has 1 aliphatic heterocycles. The summed E-state index contributed by atoms with van der Waals surface area (Å²) in [5.74, 6) is 0.608. The molecule has 39 heavy (non-hydrogen) atoms. The number of hydrogen-bond acceptors (Lipinski definition) is 3. The van der Waals surface area contributed by atoms with Crippen molar-refractivity contribution < 1.29 is 0 Å². The van der Waals surface area contributed by atoms with Crippen LogP contribution in [0.15, 0.2) is 72.6 Å². The van der Waals surface area contributed by atoms with E-state index in [4.69, 9.17) is 7.85 Å². The van der Waals surface area contributed by atoms with Crippen molar-refractivity contribution in [1.82, 2.24) is 15.1 Å². The van der Waals surface area contributed by atoms with Crippen LogP contribution in [0.3, 0.4) is 0 Å². The Bertz CT molecular complexity index is 972. The molecule has 1 saturated heterocycles. The number of allylic oxidation sites excluding steroid dienone is 4. The Labute approximate surface area is 241 Å². The smallest absolute Gasteiger partial charge is 0.0716 e. The third kappa shape index (κ3) is 9.17. The molecule has 2 radical (unpaired) electrons. The fraction of sp³-hybridized carbons (Fsp3) is 0.600. The van der Waals surface area contributed by atoms with Gasteiger partial charge in [0.1, 0.15) is 0 Å². The van der Waals surface area contributed by atoms with Gasteiger partial charge < -0.3 is 9.80 Å². The molecule has 2 fully saturated rings. The van der Waals surface area contributed by atoms with Gasteiger partial charge in [-0.1, -0.05) is 101 Å². The largest absolute Gasteiger partial charge is 0.371 e. The molecule has 3 nitrogen and oxygen atoms in total. The molecular formula is C35H54BN3. The van der Waals surface area contributed by atoms with E-state index in [1.54, 1.807) is 0 Å². The lowest BCUT2D eigenvalue weighted by Crippen LogP contribution is -2.35. The molecule has 1 aromatic rings. The molecule has 0 aromatic heterocycles. The fourth-order valence-corrected chi connectivity index (χ4v) is 6.50. The number of nitrogens with zero attached hydrogens (tertiary/aromatic N) is 2. The SMILES string of the molecule is [B]Cc1ccccc1CCC(C)CNCN(CC)/C(=C\C=C(/C=C)C(=C)N1CCC2(CCCCC2)C1)CCC. The number of rotatable bonds is 16. The highest BCUT2D eigenvalue weighted by molar-refractivity contribution is 6.08. The summed E-state index contributed by atoms with van der Waals surface area (Å²) < 4.78 is 0. The quantitative estimate of drug-likeness (QED) is 0.135. The lowest BCUT2D eigenvalue weighted by Gasteiger charge is -2.34. The second-order valence-corrected chi connectivity index (χ2v) is 12.0. The normalized spacial score (nSPS) is 18.4. The van der Waals surface area contributed by atoms with Crippen molar-refractivity contribution in [3.8, 4) is 0 Å². The van der Waals surface area contributed by atoms with Crippen LogP contribution in [-0.2, 0) is 12.7 Å². The van der Waals surface area contributed by atoms with Gasteiger partial charge in [0.25, 0.3) is 0 Å². The molecule has 1 spiro atoms. The zero-order valence-corrected chi connectivity index (χ0v) is 25.3. The first kappa shape index (κ1) is 31.3. The molecule has 1 aromatic carbocycles. The molecule has 1 unspecified atom stereocenters. The van der Waals surface area contributed by atoms with Crippen LogP contribution in [0.4, 0.5) is 0 Å². The summed E-state index contributed by atoms with van der Waals surface area (Å²) in [6, 6.07) is 8.58. The zero-order chi connectivity index (χ0) is 28.1. The van der Waals surface area contributed by atoms with E-state index < -0.39 is 0 Å². The van der Waals surface area contributed by atoms with Crippen LogP contribution in [-0.4, -0.2) is 50.5 Å². The molecular weight excluding hydrogens is 473 g/mol. The summed E-state index contributed by atoms with van der Waals surface area (Å²) in [6.07, 6.45) is 20.0. The van der Waals surface area contributed by atoms with Crippen LogP contribution in [0.5, 0.6) is 0 Å². The van der Waals surface area contributed by atoms with E-state index in [0.29, 0.717) is 17.7 Å². The van der Waals surface area contributed by atoms with E-state index in [2.05, 4.69) is 85.5 Å². The van der Waals surface area contributed by atoms with E-state index in [-0.39, 0.29) is 0 Å². The monoisotopic (exact) mass is 527 g/mol. The maximum Gasteiger partial charge on any atom is 0.0716 e. The van der Waals surface area contributed by atoms with E-state index >= 15 is 0 Å². The van der Waals surface area contributed by atoms with Crippen molar-refractivity contribution in [2.45, 2.75) is 91.3 Å². The van der Waals surface area contributed by atoms with Gasteiger partial charge in [-0.15, -0.1) is 0 Å². The molecule has 2 aliphatic rings. The summed E-state index contributed by atoms with van der Waals surface area (Å²) in [4.78, 5) is 5.01. The minimum absolute atomic E-state index is 0.534. The molecule has 1 N–H and O–H groups in total. The summed E-state index contributed by atoms with van der Waals surface area (Å²) in [6.45, 7) is 20.7. The molecule has 4 heteroatoms. The molecule has 3 rings (SSSR count). The Kier molecular flexibility index (Phi) is 13.0. The highest BCUT2D eigenvalue weighted by Gasteiger charge is 2.39. The topological polar surface area (TPSA) is 18.5 Å². The van der Waals surface area contributed by atoms with Crippen molar-refractivity contribution in [3.05, 3.63) is 83.7 Å². The van der Waals surface area contributed by atoms with E-state index in [1.165, 1.54) is 68.3 Å². The lowest BCUT2D eigenvalue weighted by molar-refractivity contribution is 0.198. The Morgan fingerprint density at radius 2 is 1.87 bits per heavy atom. The van der Waals surface area contributed by atoms with E-state index in [1.807, 2.05) is 6.08 Å². The van der Waals surface area contributed by atoms with Crippen LogP contribution in [0.2, 0.25) is 0 Å². The number of hydrogen-bond donors (Lipinski definition) is 1. The summed E-state index contributed by atoms with van der Waals surface area (Å²) in [5, 5.41) is 3.74. The van der Waals surface area contributed by atoms with Crippen LogP contribution in [0.25, 0.3) is 0 Å². The number of nitrogens with one attached hydrogen (secondary N) is 1. The van der Waals surface area contributed by atoms with Gasteiger partial charge in [-0.2, -0.15) is 0 Å². The Morgan fingerprint density at radius 3 is 2.54 bits per heavy atom. The molecule has 212 valence electrons. The predicted octanol–water partition coefficient (Wildman–Crippen LogP) is 7.76. The van der Waals surface area contributed by atoms with Gasteiger partial charge in [-0.05, 0) is 80.5 Å². The molecule has 0 bridgehead atoms. The number of benzene rings is 1. The van der Waals surface area contributed by atoms with Crippen LogP contribution in [0, 0.1) is 11.3 Å². The minimum Gasteiger partial charge on any atom is -0.371 e. The Hall–Kier alpha value is -2.20. The Morgan fingerprint density at radius 1 is 1.13 bits per heavy atom. The van der Waals surface area contributed by atoms with Crippen LogP contribution < -0.4 is 5.32 Å². The fourth-order valence-electron chi connectivity index (χ4n) is 6.50. The maximum absolute atomic E-state index is 5.93. The number of likely N-dealkylation sites (tertiary alicyclic amines) is 1. The first-order valence-electron chi connectivity index (χ1n) is 15.6. The second kappa shape index (κ2) is 16.2. The van der Waals surface area contributed by atoms with Gasteiger partial charge in [0.2, 0.25) is 0 Å². The second-order valence-electron chi connectivity index (χ2n) is 12.0. The Balaban J connectivity index is 1.55. The van der Waals surface area contributed by atoms with Gasteiger partial charge in [-0.25, -0.2) is 0 Å². The predicted molar refractivity (Wildman–Crippen MR) is 171 cm³/mol. The van der Waals surface area contributed by atoms with Crippen molar-refractivity contribution >= 4 is 7.85 Å². The summed E-state index contributed by atoms with van der Waals surface area (Å²) in [5.41, 5.74) is 6.89. The third-order valence-electron chi connectivity index (χ3n) is 9.08. The summed E-state index contributed by atoms with van der Waals surface area (Å²) in [7, 11) is 5.93. The van der Waals surface area contributed by atoms with Gasteiger partial charge in [-0.3, -0.25) is 5.32 Å². The minimum atomic E-state index is 0.534. The highest BCUT2D eigenvalue weighted by Crippen LogP contribution is 2.45. The van der Waals surface area contributed by atoms with Gasteiger partial charge in [0.15, 0.2) is 0 Å². The van der Waals surface area contributed by atoms with Gasteiger partial charge in [0.05, 0.1) is 14.5 Å². The molecule has 1 heterocycles. The van der Waals surface area contributed by atoms with E-state index in [0.717, 1.165) is 56.8 Å². The molecule has 1 saturated carbocycles. The van der Waals surface area contributed by atoms with Gasteiger partial charge in [0, 0.05) is 31.0 Å². The molecule has 0 amide bonds. The van der Waals surface area contributed by atoms with Crippen molar-refractivity contribution in [3.63, 3.8) is 0 Å². The number of aryl methyl sites for hydroxylation is 1. The van der Waals surface area contributed by atoms with Crippen molar-refractivity contribution in [2.75, 3.05) is 32.8 Å². The average Bonchev–Trinajstić information content (AvgIpc) is 3.37. The molecule has 1 atom stereocenters. The maximum atomic E-state index is 5.93. The highest BCUT2D eigenvalue weighted by atomic mass is 15.2. The average molecular weight is 528 g/mol. The molecule has 1 aliphatic carbocycles. The van der Waals surface area contributed by atoms with Gasteiger partial charge >= 0.3 is 0 Å². The first-order chi connectivity index (χ1) is 18.9. The first-order valence-corrected chi connectivity index (χ1v) is 15.6. The van der Waals surface area contributed by atoms with E-state index in [9.17, 15) is 0 Å². The standard InChI is InChI=1S/C35H54BN3/c1-6-14-34(20-19-31(7-2)30(5)39-24-23-35(27-39)21-12-9-13-22-35)38(8-3)28-37-26-29(4)17-18-32-15-10-11-16-33(32)25-36/h7,10-11,15-16,19-20,29,37H,2,5-6,8-9,12-14,17-18,21-28H2,1,3-4H3/b31-19+,34-20-. The summed E-state index contributed by atoms with van der Waals surface area (Å²) >= 11 is 0.